The Labute approximate surface area is 130 Å². The summed E-state index contributed by atoms with van der Waals surface area (Å²) in [5.41, 5.74) is 1.71. The Morgan fingerprint density at radius 3 is 2.43 bits per heavy atom. The molecule has 0 unspecified atom stereocenters. The Morgan fingerprint density at radius 2 is 1.86 bits per heavy atom. The average Bonchev–Trinajstić information content (AvgIpc) is 2.74. The van der Waals surface area contributed by atoms with Gasteiger partial charge in [-0.1, -0.05) is 18.2 Å². The fourth-order valence-corrected chi connectivity index (χ4v) is 3.99. The molecule has 1 aromatic carbocycles. The van der Waals surface area contributed by atoms with Crippen LogP contribution in [0.1, 0.15) is 11.4 Å². The number of para-hydroxylation sites is 1. The minimum Gasteiger partial charge on any atom is -0.269 e. The number of benzene rings is 1. The summed E-state index contributed by atoms with van der Waals surface area (Å²) < 4.78 is 28.6. The van der Waals surface area contributed by atoms with E-state index >= 15 is 0 Å². The number of rotatable bonds is 5. The first-order chi connectivity index (χ1) is 9.89. The quantitative estimate of drug-likeness (QED) is 0.793. The first-order valence-electron chi connectivity index (χ1n) is 6.53. The lowest BCUT2D eigenvalue weighted by atomic mass is 10.3. The monoisotopic (exact) mass is 327 g/mol. The third-order valence-electron chi connectivity index (χ3n) is 3.35. The second-order valence-electron chi connectivity index (χ2n) is 4.72. The van der Waals surface area contributed by atoms with Gasteiger partial charge in [-0.15, -0.1) is 11.6 Å². The highest BCUT2D eigenvalue weighted by Gasteiger charge is 2.28. The van der Waals surface area contributed by atoms with E-state index in [1.807, 2.05) is 6.07 Å². The number of anilines is 1. The molecule has 21 heavy (non-hydrogen) atoms. The first-order valence-corrected chi connectivity index (χ1v) is 8.51. The Hall–Kier alpha value is -1.53. The van der Waals surface area contributed by atoms with Crippen molar-refractivity contribution in [1.82, 2.24) is 9.78 Å². The number of sulfonamides is 1. The van der Waals surface area contributed by atoms with Gasteiger partial charge in [0.15, 0.2) is 0 Å². The van der Waals surface area contributed by atoms with Crippen molar-refractivity contribution in [2.24, 2.45) is 0 Å². The van der Waals surface area contributed by atoms with E-state index in [1.54, 1.807) is 49.8 Å². The highest BCUT2D eigenvalue weighted by atomic mass is 35.5. The van der Waals surface area contributed by atoms with Gasteiger partial charge in [0.1, 0.15) is 4.90 Å². The van der Waals surface area contributed by atoms with Crippen LogP contribution in [0.3, 0.4) is 0 Å². The lowest BCUT2D eigenvalue weighted by Gasteiger charge is -2.19. The SMILES string of the molecule is Cc1nn(CCCl)c(C)c1S(=O)(=O)N(C)c1ccccc1. The fraction of sp³-hybridized carbons (Fsp3) is 0.357. The topological polar surface area (TPSA) is 55.2 Å². The van der Waals surface area contributed by atoms with E-state index in [9.17, 15) is 8.42 Å². The third-order valence-corrected chi connectivity index (χ3v) is 5.56. The van der Waals surface area contributed by atoms with E-state index < -0.39 is 10.0 Å². The van der Waals surface area contributed by atoms with Gasteiger partial charge in [-0.05, 0) is 26.0 Å². The normalized spacial score (nSPS) is 11.6. The van der Waals surface area contributed by atoms with Gasteiger partial charge >= 0.3 is 0 Å². The lowest BCUT2D eigenvalue weighted by Crippen LogP contribution is -2.27. The smallest absolute Gasteiger partial charge is 0.267 e. The molecule has 0 saturated carbocycles. The summed E-state index contributed by atoms with van der Waals surface area (Å²) in [6.07, 6.45) is 0. The Bertz CT molecular complexity index is 726. The summed E-state index contributed by atoms with van der Waals surface area (Å²) in [7, 11) is -2.10. The van der Waals surface area contributed by atoms with E-state index in [0.717, 1.165) is 0 Å². The van der Waals surface area contributed by atoms with Gasteiger partial charge in [0.05, 0.1) is 23.6 Å². The molecule has 0 amide bonds. The van der Waals surface area contributed by atoms with Gasteiger partial charge in [0.25, 0.3) is 10.0 Å². The van der Waals surface area contributed by atoms with Gasteiger partial charge < -0.3 is 0 Å². The van der Waals surface area contributed by atoms with Gasteiger partial charge in [0.2, 0.25) is 0 Å². The highest BCUT2D eigenvalue weighted by Crippen LogP contribution is 2.26. The molecule has 0 fully saturated rings. The lowest BCUT2D eigenvalue weighted by molar-refractivity contribution is 0.591. The van der Waals surface area contributed by atoms with Crippen LogP contribution in [0.4, 0.5) is 5.69 Å². The van der Waals surface area contributed by atoms with Gasteiger partial charge in [-0.25, -0.2) is 8.42 Å². The minimum absolute atomic E-state index is 0.249. The second kappa shape index (κ2) is 6.07. The van der Waals surface area contributed by atoms with Crippen molar-refractivity contribution >= 4 is 27.3 Å². The number of hydrogen-bond donors (Lipinski definition) is 0. The zero-order chi connectivity index (χ0) is 15.6. The number of halogens is 1. The van der Waals surface area contributed by atoms with E-state index in [4.69, 9.17) is 11.6 Å². The Kier molecular flexibility index (Phi) is 4.58. The molecule has 0 spiro atoms. The maximum Gasteiger partial charge on any atom is 0.267 e. The molecule has 1 heterocycles. The molecule has 2 rings (SSSR count). The van der Waals surface area contributed by atoms with Crippen LogP contribution in [0.2, 0.25) is 0 Å². The zero-order valence-corrected chi connectivity index (χ0v) is 13.8. The molecule has 0 radical (unpaired) electrons. The molecule has 0 aliphatic carbocycles. The van der Waals surface area contributed by atoms with Crippen molar-refractivity contribution in [3.05, 3.63) is 41.7 Å². The molecule has 0 bridgehead atoms. The molecular weight excluding hydrogens is 310 g/mol. The predicted molar refractivity (Wildman–Crippen MR) is 84.5 cm³/mol. The number of hydrogen-bond acceptors (Lipinski definition) is 3. The summed E-state index contributed by atoms with van der Waals surface area (Å²) >= 11 is 5.72. The van der Waals surface area contributed by atoms with Crippen molar-refractivity contribution in [3.8, 4) is 0 Å². The Morgan fingerprint density at radius 1 is 1.24 bits per heavy atom. The van der Waals surface area contributed by atoms with Crippen LogP contribution in [-0.4, -0.2) is 31.1 Å². The molecule has 5 nitrogen and oxygen atoms in total. The van der Waals surface area contributed by atoms with Crippen LogP contribution in [0.15, 0.2) is 35.2 Å². The standard InChI is InChI=1S/C14H18ClN3O2S/c1-11-14(12(2)18(16-11)10-9-15)21(19,20)17(3)13-7-5-4-6-8-13/h4-8H,9-10H2,1-3H3. The predicted octanol–water partition coefficient (Wildman–Crippen LogP) is 2.56. The maximum atomic E-state index is 12.8. The average molecular weight is 328 g/mol. The molecule has 0 N–H and O–H groups in total. The number of nitrogens with zero attached hydrogens (tertiary/aromatic N) is 3. The van der Waals surface area contributed by atoms with Gasteiger partial charge in [-0.2, -0.15) is 5.10 Å². The highest BCUT2D eigenvalue weighted by molar-refractivity contribution is 7.92. The van der Waals surface area contributed by atoms with Crippen LogP contribution in [0.5, 0.6) is 0 Å². The zero-order valence-electron chi connectivity index (χ0n) is 12.2. The summed E-state index contributed by atoms with van der Waals surface area (Å²) in [5.74, 6) is 0.385. The van der Waals surface area contributed by atoms with E-state index in [-0.39, 0.29) is 4.90 Å². The summed E-state index contributed by atoms with van der Waals surface area (Å²) in [6, 6.07) is 8.96. The van der Waals surface area contributed by atoms with Crippen molar-refractivity contribution in [3.63, 3.8) is 0 Å². The van der Waals surface area contributed by atoms with Crippen molar-refractivity contribution < 1.29 is 8.42 Å². The van der Waals surface area contributed by atoms with Gasteiger partial charge in [0, 0.05) is 12.9 Å². The molecule has 0 aliphatic rings. The summed E-state index contributed by atoms with van der Waals surface area (Å²) in [5, 5.41) is 4.27. The number of aryl methyl sites for hydroxylation is 2. The molecule has 0 saturated heterocycles. The van der Waals surface area contributed by atoms with E-state index in [1.165, 1.54) is 4.31 Å². The van der Waals surface area contributed by atoms with Crippen LogP contribution >= 0.6 is 11.6 Å². The summed E-state index contributed by atoms with van der Waals surface area (Å²) in [4.78, 5) is 0.249. The van der Waals surface area contributed by atoms with Gasteiger partial charge in [-0.3, -0.25) is 8.99 Å². The first kappa shape index (κ1) is 15.9. The summed E-state index contributed by atoms with van der Waals surface area (Å²) in [6.45, 7) is 3.93. The van der Waals surface area contributed by atoms with Crippen LogP contribution in [0, 0.1) is 13.8 Å². The third kappa shape index (κ3) is 2.91. The van der Waals surface area contributed by atoms with Crippen LogP contribution < -0.4 is 4.31 Å². The van der Waals surface area contributed by atoms with Crippen LogP contribution in [0.25, 0.3) is 0 Å². The van der Waals surface area contributed by atoms with Crippen LogP contribution in [-0.2, 0) is 16.6 Å². The Balaban J connectivity index is 2.50. The molecule has 1 aromatic heterocycles. The van der Waals surface area contributed by atoms with Crippen molar-refractivity contribution in [2.75, 3.05) is 17.2 Å². The molecule has 7 heteroatoms. The molecule has 114 valence electrons. The van der Waals surface area contributed by atoms with E-state index in [0.29, 0.717) is 29.5 Å². The number of alkyl halides is 1. The van der Waals surface area contributed by atoms with E-state index in [2.05, 4.69) is 5.10 Å². The van der Waals surface area contributed by atoms with Crippen molar-refractivity contribution in [2.45, 2.75) is 25.3 Å². The molecule has 0 atom stereocenters. The largest absolute Gasteiger partial charge is 0.269 e. The molecule has 2 aromatic rings. The van der Waals surface area contributed by atoms with Crippen molar-refractivity contribution in [1.29, 1.82) is 0 Å². The maximum absolute atomic E-state index is 12.8. The molecular formula is C14H18ClN3O2S. The number of aromatic nitrogens is 2. The minimum atomic E-state index is -3.64. The molecule has 0 aliphatic heterocycles. The fourth-order valence-electron chi connectivity index (χ4n) is 2.27. The second-order valence-corrected chi connectivity index (χ2v) is 7.00.